The van der Waals surface area contributed by atoms with E-state index in [9.17, 15) is 9.59 Å². The summed E-state index contributed by atoms with van der Waals surface area (Å²) in [6, 6.07) is 7.33. The van der Waals surface area contributed by atoms with Crippen LogP contribution in [0.1, 0.15) is 55.8 Å². The van der Waals surface area contributed by atoms with Gasteiger partial charge in [0.25, 0.3) is 5.91 Å². The van der Waals surface area contributed by atoms with Gasteiger partial charge >= 0.3 is 6.03 Å². The molecule has 24 heavy (non-hydrogen) atoms. The summed E-state index contributed by atoms with van der Waals surface area (Å²) in [6.07, 6.45) is 6.66. The number of rotatable bonds is 3. The van der Waals surface area contributed by atoms with Gasteiger partial charge in [0.15, 0.2) is 0 Å². The SMILES string of the molecule is CC1CCN(C(=O)c2ccc(NC(=O)NC3CCCC3)cc2)CC1. The molecule has 1 saturated heterocycles. The highest BCUT2D eigenvalue weighted by molar-refractivity contribution is 5.95. The Balaban J connectivity index is 1.52. The molecule has 1 aliphatic carbocycles. The number of urea groups is 1. The van der Waals surface area contributed by atoms with E-state index >= 15 is 0 Å². The molecular formula is C19H27N3O2. The first-order chi connectivity index (χ1) is 11.6. The van der Waals surface area contributed by atoms with Crippen molar-refractivity contribution < 1.29 is 9.59 Å². The van der Waals surface area contributed by atoms with E-state index in [1.54, 1.807) is 24.3 Å². The van der Waals surface area contributed by atoms with Gasteiger partial charge in [0.05, 0.1) is 0 Å². The first-order valence-corrected chi connectivity index (χ1v) is 9.08. The smallest absolute Gasteiger partial charge is 0.319 e. The largest absolute Gasteiger partial charge is 0.339 e. The van der Waals surface area contributed by atoms with Crippen molar-refractivity contribution in [3.05, 3.63) is 29.8 Å². The van der Waals surface area contributed by atoms with E-state index in [0.717, 1.165) is 38.8 Å². The van der Waals surface area contributed by atoms with Crippen LogP contribution in [0.5, 0.6) is 0 Å². The van der Waals surface area contributed by atoms with Crippen molar-refractivity contribution in [3.63, 3.8) is 0 Å². The summed E-state index contributed by atoms with van der Waals surface area (Å²) in [5.41, 5.74) is 1.40. The molecule has 1 aromatic rings. The highest BCUT2D eigenvalue weighted by Crippen LogP contribution is 2.20. The third kappa shape index (κ3) is 4.28. The van der Waals surface area contributed by atoms with E-state index in [2.05, 4.69) is 17.6 Å². The maximum absolute atomic E-state index is 12.5. The molecule has 0 atom stereocenters. The van der Waals surface area contributed by atoms with Crippen LogP contribution in [0.2, 0.25) is 0 Å². The summed E-state index contributed by atoms with van der Waals surface area (Å²) in [5, 5.41) is 5.84. The summed E-state index contributed by atoms with van der Waals surface area (Å²) in [6.45, 7) is 3.91. The molecular weight excluding hydrogens is 302 g/mol. The molecule has 2 fully saturated rings. The Hall–Kier alpha value is -2.04. The minimum Gasteiger partial charge on any atom is -0.339 e. The highest BCUT2D eigenvalue weighted by atomic mass is 16.2. The van der Waals surface area contributed by atoms with Crippen LogP contribution >= 0.6 is 0 Å². The molecule has 3 rings (SSSR count). The normalized spacial score (nSPS) is 19.3. The Kier molecular flexibility index (Phi) is 5.38. The molecule has 1 aromatic carbocycles. The van der Waals surface area contributed by atoms with Gasteiger partial charge in [0.1, 0.15) is 0 Å². The lowest BCUT2D eigenvalue weighted by atomic mass is 9.98. The zero-order valence-electron chi connectivity index (χ0n) is 14.4. The number of likely N-dealkylation sites (tertiary alicyclic amines) is 1. The second-order valence-corrected chi connectivity index (χ2v) is 7.13. The fourth-order valence-electron chi connectivity index (χ4n) is 3.51. The number of carbonyl (C=O) groups is 2. The van der Waals surface area contributed by atoms with E-state index in [4.69, 9.17) is 0 Å². The van der Waals surface area contributed by atoms with Crippen molar-refractivity contribution in [1.82, 2.24) is 10.2 Å². The zero-order valence-corrected chi connectivity index (χ0v) is 14.4. The predicted octanol–water partition coefficient (Wildman–Crippen LogP) is 3.62. The number of amides is 3. The summed E-state index contributed by atoms with van der Waals surface area (Å²) in [5.74, 6) is 0.794. The van der Waals surface area contributed by atoms with Crippen molar-refractivity contribution in [2.24, 2.45) is 5.92 Å². The van der Waals surface area contributed by atoms with Gasteiger partial charge in [-0.2, -0.15) is 0 Å². The van der Waals surface area contributed by atoms with Crippen LogP contribution in [0.3, 0.4) is 0 Å². The first kappa shape index (κ1) is 16.8. The number of carbonyl (C=O) groups excluding carboxylic acids is 2. The number of nitrogens with one attached hydrogen (secondary N) is 2. The third-order valence-electron chi connectivity index (χ3n) is 5.15. The molecule has 1 saturated carbocycles. The average molecular weight is 329 g/mol. The van der Waals surface area contributed by atoms with E-state index < -0.39 is 0 Å². The van der Waals surface area contributed by atoms with Gasteiger partial charge in [0, 0.05) is 30.4 Å². The lowest BCUT2D eigenvalue weighted by molar-refractivity contribution is 0.0697. The zero-order chi connectivity index (χ0) is 16.9. The van der Waals surface area contributed by atoms with Gasteiger partial charge in [0.2, 0.25) is 0 Å². The van der Waals surface area contributed by atoms with Gasteiger partial charge in [-0.15, -0.1) is 0 Å². The first-order valence-electron chi connectivity index (χ1n) is 9.08. The number of benzene rings is 1. The van der Waals surface area contributed by atoms with Gasteiger partial charge in [-0.05, 0) is 55.9 Å². The molecule has 0 spiro atoms. The monoisotopic (exact) mass is 329 g/mol. The lowest BCUT2D eigenvalue weighted by Crippen LogP contribution is -2.38. The van der Waals surface area contributed by atoms with Crippen molar-refractivity contribution in [2.75, 3.05) is 18.4 Å². The van der Waals surface area contributed by atoms with Crippen molar-refractivity contribution in [2.45, 2.75) is 51.5 Å². The molecule has 5 nitrogen and oxygen atoms in total. The summed E-state index contributed by atoms with van der Waals surface area (Å²) >= 11 is 0. The van der Waals surface area contributed by atoms with Gasteiger partial charge < -0.3 is 15.5 Å². The Bertz CT molecular complexity index is 571. The number of piperidine rings is 1. The molecule has 2 N–H and O–H groups in total. The van der Waals surface area contributed by atoms with Crippen LogP contribution in [0.25, 0.3) is 0 Å². The molecule has 130 valence electrons. The van der Waals surface area contributed by atoms with Crippen molar-refractivity contribution in [1.29, 1.82) is 0 Å². The Morgan fingerprint density at radius 3 is 2.25 bits per heavy atom. The average Bonchev–Trinajstić information content (AvgIpc) is 3.08. The predicted molar refractivity (Wildman–Crippen MR) is 95.2 cm³/mol. The molecule has 2 aliphatic rings. The summed E-state index contributed by atoms with van der Waals surface area (Å²) in [4.78, 5) is 26.4. The van der Waals surface area contributed by atoms with Crippen LogP contribution in [0.15, 0.2) is 24.3 Å². The summed E-state index contributed by atoms with van der Waals surface area (Å²) < 4.78 is 0. The van der Waals surface area contributed by atoms with Crippen molar-refractivity contribution >= 4 is 17.6 Å². The minimum atomic E-state index is -0.161. The number of anilines is 1. The Labute approximate surface area is 143 Å². The van der Waals surface area contributed by atoms with Gasteiger partial charge in [-0.1, -0.05) is 19.8 Å². The van der Waals surface area contributed by atoms with Crippen LogP contribution in [0.4, 0.5) is 10.5 Å². The van der Waals surface area contributed by atoms with E-state index in [-0.39, 0.29) is 11.9 Å². The molecule has 0 radical (unpaired) electrons. The molecule has 1 aliphatic heterocycles. The highest BCUT2D eigenvalue weighted by Gasteiger charge is 2.21. The van der Waals surface area contributed by atoms with Crippen molar-refractivity contribution in [3.8, 4) is 0 Å². The van der Waals surface area contributed by atoms with Crippen LogP contribution < -0.4 is 10.6 Å². The van der Waals surface area contributed by atoms with Crippen LogP contribution in [-0.4, -0.2) is 36.0 Å². The quantitative estimate of drug-likeness (QED) is 0.889. The Morgan fingerprint density at radius 1 is 1.00 bits per heavy atom. The molecule has 1 heterocycles. The van der Waals surface area contributed by atoms with Crippen LogP contribution in [0, 0.1) is 5.92 Å². The molecule has 3 amide bonds. The summed E-state index contributed by atoms with van der Waals surface area (Å²) in [7, 11) is 0. The Morgan fingerprint density at radius 2 is 1.62 bits per heavy atom. The van der Waals surface area contributed by atoms with Crippen LogP contribution in [-0.2, 0) is 0 Å². The fourth-order valence-corrected chi connectivity index (χ4v) is 3.51. The number of nitrogens with zero attached hydrogens (tertiary/aromatic N) is 1. The van der Waals surface area contributed by atoms with E-state index in [0.29, 0.717) is 23.2 Å². The van der Waals surface area contributed by atoms with E-state index in [1.165, 1.54) is 12.8 Å². The molecule has 5 heteroatoms. The molecule has 0 bridgehead atoms. The fraction of sp³-hybridized carbons (Fsp3) is 0.579. The van der Waals surface area contributed by atoms with E-state index in [1.807, 2.05) is 4.90 Å². The molecule has 0 unspecified atom stereocenters. The second kappa shape index (κ2) is 7.69. The topological polar surface area (TPSA) is 61.4 Å². The third-order valence-corrected chi connectivity index (χ3v) is 5.15. The minimum absolute atomic E-state index is 0.0869. The maximum Gasteiger partial charge on any atom is 0.319 e. The standard InChI is InChI=1S/C19H27N3O2/c1-14-10-12-22(13-11-14)18(23)15-6-8-17(9-7-15)21-19(24)20-16-4-2-3-5-16/h6-9,14,16H,2-5,10-13H2,1H3,(H2,20,21,24). The second-order valence-electron chi connectivity index (χ2n) is 7.13. The molecule has 0 aromatic heterocycles. The number of hydrogen-bond acceptors (Lipinski definition) is 2. The lowest BCUT2D eigenvalue weighted by Gasteiger charge is -2.30. The van der Waals surface area contributed by atoms with Gasteiger partial charge in [-0.3, -0.25) is 4.79 Å². The van der Waals surface area contributed by atoms with Gasteiger partial charge in [-0.25, -0.2) is 4.79 Å². The number of hydrogen-bond donors (Lipinski definition) is 2. The maximum atomic E-state index is 12.5.